The van der Waals surface area contributed by atoms with Crippen molar-refractivity contribution in [2.75, 3.05) is 25.0 Å². The van der Waals surface area contributed by atoms with Crippen molar-refractivity contribution in [1.29, 1.82) is 0 Å². The quantitative estimate of drug-likeness (QED) is 0.339. The number of benzene rings is 2. The zero-order valence-electron chi connectivity index (χ0n) is 20.8. The van der Waals surface area contributed by atoms with Gasteiger partial charge in [0.1, 0.15) is 21.9 Å². The minimum atomic E-state index is -3.94. The number of anilines is 1. The lowest BCUT2D eigenvalue weighted by atomic mass is 10.0. The molecule has 0 radical (unpaired) electrons. The number of carbonyl (C=O) groups is 1. The maximum Gasteiger partial charge on any atom is 0.243 e. The smallest absolute Gasteiger partial charge is 0.243 e. The second-order valence-electron chi connectivity index (χ2n) is 9.53. The van der Waals surface area contributed by atoms with Crippen molar-refractivity contribution < 1.29 is 17.6 Å². The molecule has 0 aliphatic carbocycles. The van der Waals surface area contributed by atoms with Gasteiger partial charge in [0.2, 0.25) is 15.9 Å². The average molecular weight is 571 g/mol. The molecule has 0 saturated carbocycles. The van der Waals surface area contributed by atoms with Gasteiger partial charge in [0.15, 0.2) is 0 Å². The molecular formula is C27H27FN4O3S3. The molecule has 1 amide bonds. The molecule has 6 rings (SSSR count). The summed E-state index contributed by atoms with van der Waals surface area (Å²) in [5.74, 6) is -0.855. The van der Waals surface area contributed by atoms with Crippen molar-refractivity contribution in [3.05, 3.63) is 64.8 Å². The molecule has 1 saturated heterocycles. The van der Waals surface area contributed by atoms with Crippen molar-refractivity contribution in [2.45, 2.75) is 43.7 Å². The van der Waals surface area contributed by atoms with Gasteiger partial charge in [-0.3, -0.25) is 9.69 Å². The third-order valence-corrected chi connectivity index (χ3v) is 11.4. The number of thiophene rings is 1. The predicted octanol–water partition coefficient (Wildman–Crippen LogP) is 5.33. The minimum Gasteiger partial charge on any atom is -0.316 e. The molecule has 11 heteroatoms. The summed E-state index contributed by atoms with van der Waals surface area (Å²) in [5, 5.41) is 4.70. The molecule has 2 aliphatic rings. The number of sulfonamides is 1. The van der Waals surface area contributed by atoms with E-state index in [-0.39, 0.29) is 17.3 Å². The summed E-state index contributed by atoms with van der Waals surface area (Å²) in [7, 11) is -3.94. The molecule has 2 aliphatic heterocycles. The summed E-state index contributed by atoms with van der Waals surface area (Å²) in [5.41, 5.74) is 3.10. The zero-order valence-corrected chi connectivity index (χ0v) is 23.3. The Hall–Kier alpha value is -2.70. The van der Waals surface area contributed by atoms with Gasteiger partial charge in [-0.15, -0.1) is 22.7 Å². The molecule has 198 valence electrons. The van der Waals surface area contributed by atoms with Gasteiger partial charge < -0.3 is 5.32 Å². The van der Waals surface area contributed by atoms with Crippen LogP contribution in [0.3, 0.4) is 0 Å². The molecule has 0 spiro atoms. The Morgan fingerprint density at radius 3 is 2.68 bits per heavy atom. The Labute approximate surface area is 229 Å². The fraction of sp³-hybridized carbons (Fsp3) is 0.333. The highest BCUT2D eigenvalue weighted by molar-refractivity contribution is 7.89. The molecule has 2 aromatic heterocycles. The standard InChI is InChI=1S/C27H27FN4O3S3/c1-2-31-15-13-19-23(16-31)37-27(24(19)26-29-20-6-3-4-8-22(20)36-26)30-25(33)21-7-5-14-32(21)38(34,35)18-11-9-17(28)10-12-18/h3-4,6,8-12,21H,2,5,7,13-16H2,1H3,(H,30,33). The highest BCUT2D eigenvalue weighted by Crippen LogP contribution is 2.46. The largest absolute Gasteiger partial charge is 0.316 e. The van der Waals surface area contributed by atoms with E-state index in [0.29, 0.717) is 12.8 Å². The van der Waals surface area contributed by atoms with E-state index in [0.717, 1.165) is 64.0 Å². The number of hydrogen-bond donors (Lipinski definition) is 1. The van der Waals surface area contributed by atoms with Crippen LogP contribution in [0.2, 0.25) is 0 Å². The van der Waals surface area contributed by atoms with Gasteiger partial charge in [-0.25, -0.2) is 17.8 Å². The van der Waals surface area contributed by atoms with Crippen LogP contribution in [0.15, 0.2) is 53.4 Å². The number of halogens is 1. The molecule has 0 bridgehead atoms. The molecule has 2 aromatic carbocycles. The van der Waals surface area contributed by atoms with Crippen LogP contribution in [-0.2, 0) is 27.8 Å². The number of nitrogens with zero attached hydrogens (tertiary/aromatic N) is 3. The Morgan fingerprint density at radius 2 is 1.92 bits per heavy atom. The number of nitrogens with one attached hydrogen (secondary N) is 1. The number of thiazole rings is 1. The van der Waals surface area contributed by atoms with E-state index in [9.17, 15) is 17.6 Å². The summed E-state index contributed by atoms with van der Waals surface area (Å²) >= 11 is 3.17. The van der Waals surface area contributed by atoms with Gasteiger partial charge in [0, 0.05) is 30.1 Å². The Bertz CT molecular complexity index is 1580. The monoisotopic (exact) mass is 570 g/mol. The van der Waals surface area contributed by atoms with Gasteiger partial charge in [-0.1, -0.05) is 19.1 Å². The number of likely N-dealkylation sites (N-methyl/N-ethyl adjacent to an activating group) is 1. The van der Waals surface area contributed by atoms with Crippen LogP contribution in [0, 0.1) is 5.82 Å². The molecule has 1 N–H and O–H groups in total. The molecule has 7 nitrogen and oxygen atoms in total. The van der Waals surface area contributed by atoms with E-state index < -0.39 is 21.9 Å². The number of aromatic nitrogens is 1. The summed E-state index contributed by atoms with van der Waals surface area (Å²) in [6.07, 6.45) is 1.88. The van der Waals surface area contributed by atoms with E-state index in [1.165, 1.54) is 26.9 Å². The van der Waals surface area contributed by atoms with E-state index in [1.54, 1.807) is 22.7 Å². The van der Waals surface area contributed by atoms with E-state index in [4.69, 9.17) is 4.98 Å². The lowest BCUT2D eigenvalue weighted by Crippen LogP contribution is -2.43. The zero-order chi connectivity index (χ0) is 26.4. The highest BCUT2D eigenvalue weighted by Gasteiger charge is 2.40. The number of fused-ring (bicyclic) bond motifs is 2. The number of amides is 1. The van der Waals surface area contributed by atoms with Crippen molar-refractivity contribution in [2.24, 2.45) is 0 Å². The summed E-state index contributed by atoms with van der Waals surface area (Å²) in [6, 6.07) is 11.9. The fourth-order valence-corrected chi connectivity index (χ4v) is 9.31. The number of carbonyl (C=O) groups excluding carboxylic acids is 1. The first-order valence-electron chi connectivity index (χ1n) is 12.7. The van der Waals surface area contributed by atoms with Crippen LogP contribution in [0.4, 0.5) is 9.39 Å². The van der Waals surface area contributed by atoms with Gasteiger partial charge >= 0.3 is 0 Å². The van der Waals surface area contributed by atoms with E-state index in [1.807, 2.05) is 24.3 Å². The maximum atomic E-state index is 13.6. The first-order valence-corrected chi connectivity index (χ1v) is 15.7. The molecule has 1 unspecified atom stereocenters. The Balaban J connectivity index is 1.34. The fourth-order valence-electron chi connectivity index (χ4n) is 5.25. The van der Waals surface area contributed by atoms with Crippen LogP contribution >= 0.6 is 22.7 Å². The van der Waals surface area contributed by atoms with Crippen molar-refractivity contribution in [1.82, 2.24) is 14.2 Å². The van der Waals surface area contributed by atoms with Gasteiger partial charge in [-0.2, -0.15) is 4.31 Å². The van der Waals surface area contributed by atoms with Crippen LogP contribution < -0.4 is 5.32 Å². The molecule has 1 fully saturated rings. The van der Waals surface area contributed by atoms with Gasteiger partial charge in [0.05, 0.1) is 15.1 Å². The first-order chi connectivity index (χ1) is 18.3. The van der Waals surface area contributed by atoms with Crippen LogP contribution in [0.25, 0.3) is 20.8 Å². The molecule has 4 heterocycles. The average Bonchev–Trinajstić information content (AvgIpc) is 3.64. The lowest BCUT2D eigenvalue weighted by molar-refractivity contribution is -0.119. The Kier molecular flexibility index (Phi) is 6.81. The second-order valence-corrected chi connectivity index (χ2v) is 13.6. The van der Waals surface area contributed by atoms with Crippen molar-refractivity contribution in [3.8, 4) is 10.6 Å². The SMILES string of the molecule is CCN1CCc2c(sc(NC(=O)C3CCCN3S(=O)(=O)c3ccc(F)cc3)c2-c2nc3ccccc3s2)C1. The third kappa shape index (κ3) is 4.56. The minimum absolute atomic E-state index is 0.0139. The van der Waals surface area contributed by atoms with Gasteiger partial charge in [0.25, 0.3) is 0 Å². The molecule has 4 aromatic rings. The molecular weight excluding hydrogens is 544 g/mol. The lowest BCUT2D eigenvalue weighted by Gasteiger charge is -2.25. The summed E-state index contributed by atoms with van der Waals surface area (Å²) < 4.78 is 42.4. The van der Waals surface area contributed by atoms with E-state index in [2.05, 4.69) is 17.1 Å². The van der Waals surface area contributed by atoms with Crippen LogP contribution in [0.5, 0.6) is 0 Å². The summed E-state index contributed by atoms with van der Waals surface area (Å²) in [4.78, 5) is 22.1. The second kappa shape index (κ2) is 10.1. The number of hydrogen-bond acceptors (Lipinski definition) is 7. The summed E-state index contributed by atoms with van der Waals surface area (Å²) in [6.45, 7) is 5.10. The number of para-hydroxylation sites is 1. The van der Waals surface area contributed by atoms with Crippen molar-refractivity contribution >= 4 is 53.8 Å². The normalized spacial score (nSPS) is 18.6. The maximum absolute atomic E-state index is 13.6. The first kappa shape index (κ1) is 25.6. The Morgan fingerprint density at radius 1 is 1.13 bits per heavy atom. The topological polar surface area (TPSA) is 82.6 Å². The third-order valence-electron chi connectivity index (χ3n) is 7.25. The molecule has 1 atom stereocenters. The molecule has 38 heavy (non-hydrogen) atoms. The highest BCUT2D eigenvalue weighted by atomic mass is 32.2. The number of rotatable bonds is 6. The van der Waals surface area contributed by atoms with Crippen LogP contribution in [-0.4, -0.2) is 54.2 Å². The predicted molar refractivity (Wildman–Crippen MR) is 150 cm³/mol. The van der Waals surface area contributed by atoms with Crippen molar-refractivity contribution in [3.63, 3.8) is 0 Å². The van der Waals surface area contributed by atoms with E-state index >= 15 is 0 Å². The van der Waals surface area contributed by atoms with Gasteiger partial charge in [-0.05, 0) is 67.8 Å². The van der Waals surface area contributed by atoms with Crippen LogP contribution in [0.1, 0.15) is 30.2 Å².